The van der Waals surface area contributed by atoms with Crippen molar-refractivity contribution in [3.8, 4) is 5.75 Å². The van der Waals surface area contributed by atoms with Gasteiger partial charge >= 0.3 is 0 Å². The fourth-order valence-electron chi connectivity index (χ4n) is 2.40. The van der Waals surface area contributed by atoms with Crippen LogP contribution < -0.4 is 15.8 Å². The van der Waals surface area contributed by atoms with Gasteiger partial charge in [-0.15, -0.1) is 0 Å². The molecule has 1 atom stereocenters. The Morgan fingerprint density at radius 1 is 1.25 bits per heavy atom. The van der Waals surface area contributed by atoms with Crippen LogP contribution in [0.2, 0.25) is 0 Å². The molecule has 2 aromatic carbocycles. The average molecular weight is 268 g/mol. The van der Waals surface area contributed by atoms with Crippen LogP contribution in [0.25, 0.3) is 0 Å². The fourth-order valence-corrected chi connectivity index (χ4v) is 2.40. The van der Waals surface area contributed by atoms with E-state index in [-0.39, 0.29) is 11.8 Å². The minimum absolute atomic E-state index is 0.0163. The van der Waals surface area contributed by atoms with Gasteiger partial charge in [-0.05, 0) is 23.8 Å². The second kappa shape index (κ2) is 5.25. The monoisotopic (exact) mass is 268 g/mol. The molecule has 1 aliphatic heterocycles. The highest BCUT2D eigenvalue weighted by Crippen LogP contribution is 2.33. The molecule has 0 spiro atoms. The summed E-state index contributed by atoms with van der Waals surface area (Å²) in [6, 6.07) is 15.2. The highest BCUT2D eigenvalue weighted by atomic mass is 16.5. The second-order valence-corrected chi connectivity index (χ2v) is 4.86. The van der Waals surface area contributed by atoms with Crippen molar-refractivity contribution in [2.24, 2.45) is 0 Å². The van der Waals surface area contributed by atoms with Gasteiger partial charge in [-0.2, -0.15) is 0 Å². The van der Waals surface area contributed by atoms with E-state index in [1.54, 1.807) is 0 Å². The van der Waals surface area contributed by atoms with E-state index >= 15 is 0 Å². The topological polar surface area (TPSA) is 64.3 Å². The van der Waals surface area contributed by atoms with E-state index in [9.17, 15) is 4.79 Å². The number of hydrogen-bond acceptors (Lipinski definition) is 3. The summed E-state index contributed by atoms with van der Waals surface area (Å²) < 4.78 is 5.52. The number of benzene rings is 2. The summed E-state index contributed by atoms with van der Waals surface area (Å²) in [6.45, 7) is 0.880. The Morgan fingerprint density at radius 2 is 2.10 bits per heavy atom. The second-order valence-electron chi connectivity index (χ2n) is 4.86. The Morgan fingerprint density at radius 3 is 2.95 bits per heavy atom. The van der Waals surface area contributed by atoms with E-state index in [0.29, 0.717) is 18.8 Å². The molecule has 0 saturated carbocycles. The number of para-hydroxylation sites is 1. The van der Waals surface area contributed by atoms with Crippen LogP contribution in [-0.4, -0.2) is 12.5 Å². The van der Waals surface area contributed by atoms with Gasteiger partial charge in [-0.25, -0.2) is 0 Å². The standard InChI is InChI=1S/C16H16N2O2/c17-12-5-3-4-11(8-12)9-18-16(19)14-10-20-15-7-2-1-6-13(14)15/h1-8,14H,9-10,17H2,(H,18,19). The van der Waals surface area contributed by atoms with Crippen LogP contribution in [0.3, 0.4) is 0 Å². The number of nitrogens with two attached hydrogens (primary N) is 1. The van der Waals surface area contributed by atoms with Crippen molar-refractivity contribution in [3.05, 3.63) is 59.7 Å². The molecule has 0 fully saturated rings. The van der Waals surface area contributed by atoms with Gasteiger partial charge in [0.2, 0.25) is 5.91 Å². The summed E-state index contributed by atoms with van der Waals surface area (Å²) in [4.78, 5) is 12.2. The predicted molar refractivity (Wildman–Crippen MR) is 77.4 cm³/mol. The molecule has 1 unspecified atom stereocenters. The van der Waals surface area contributed by atoms with Gasteiger partial charge in [0.05, 0.1) is 0 Å². The quantitative estimate of drug-likeness (QED) is 0.837. The summed E-state index contributed by atoms with van der Waals surface area (Å²) in [6.07, 6.45) is 0. The van der Waals surface area contributed by atoms with E-state index in [4.69, 9.17) is 10.5 Å². The van der Waals surface area contributed by atoms with Crippen LogP contribution in [0, 0.1) is 0 Å². The average Bonchev–Trinajstić information content (AvgIpc) is 2.89. The molecular formula is C16H16N2O2. The van der Waals surface area contributed by atoms with Gasteiger partial charge in [0.15, 0.2) is 0 Å². The van der Waals surface area contributed by atoms with Crippen LogP contribution in [0.5, 0.6) is 5.75 Å². The van der Waals surface area contributed by atoms with Gasteiger partial charge in [0.1, 0.15) is 18.3 Å². The van der Waals surface area contributed by atoms with E-state index < -0.39 is 0 Å². The molecule has 2 aromatic rings. The number of anilines is 1. The van der Waals surface area contributed by atoms with Gasteiger partial charge in [0.25, 0.3) is 0 Å². The first kappa shape index (κ1) is 12.5. The smallest absolute Gasteiger partial charge is 0.231 e. The summed E-state index contributed by atoms with van der Waals surface area (Å²) in [5, 5.41) is 2.93. The molecule has 0 saturated heterocycles. The molecule has 0 aliphatic carbocycles. The van der Waals surface area contributed by atoms with Crippen LogP contribution in [0.1, 0.15) is 17.0 Å². The SMILES string of the molecule is Nc1cccc(CNC(=O)C2COc3ccccc32)c1. The first-order valence-corrected chi connectivity index (χ1v) is 6.58. The molecule has 1 aliphatic rings. The van der Waals surface area contributed by atoms with E-state index in [1.165, 1.54) is 0 Å². The zero-order valence-corrected chi connectivity index (χ0v) is 11.0. The van der Waals surface area contributed by atoms with Crippen molar-refractivity contribution in [2.45, 2.75) is 12.5 Å². The lowest BCUT2D eigenvalue weighted by atomic mass is 10.0. The Labute approximate surface area is 117 Å². The van der Waals surface area contributed by atoms with Gasteiger partial charge < -0.3 is 15.8 Å². The van der Waals surface area contributed by atoms with Crippen molar-refractivity contribution in [1.29, 1.82) is 0 Å². The third-order valence-electron chi connectivity index (χ3n) is 3.43. The van der Waals surface area contributed by atoms with Gasteiger partial charge in [-0.3, -0.25) is 4.79 Å². The number of carbonyl (C=O) groups excluding carboxylic acids is 1. The van der Waals surface area contributed by atoms with Crippen molar-refractivity contribution >= 4 is 11.6 Å². The lowest BCUT2D eigenvalue weighted by Crippen LogP contribution is -2.29. The Kier molecular flexibility index (Phi) is 3.29. The zero-order valence-electron chi connectivity index (χ0n) is 11.0. The molecule has 20 heavy (non-hydrogen) atoms. The third kappa shape index (κ3) is 2.45. The maximum atomic E-state index is 12.2. The number of hydrogen-bond donors (Lipinski definition) is 2. The Hall–Kier alpha value is -2.49. The van der Waals surface area contributed by atoms with Crippen LogP contribution in [0.15, 0.2) is 48.5 Å². The molecule has 1 amide bonds. The lowest BCUT2D eigenvalue weighted by Gasteiger charge is -2.10. The van der Waals surface area contributed by atoms with E-state index in [0.717, 1.165) is 16.9 Å². The number of amides is 1. The minimum atomic E-state index is -0.229. The number of fused-ring (bicyclic) bond motifs is 1. The number of rotatable bonds is 3. The van der Waals surface area contributed by atoms with Gasteiger partial charge in [0, 0.05) is 17.8 Å². The molecule has 0 aromatic heterocycles. The molecule has 1 heterocycles. The molecule has 4 nitrogen and oxygen atoms in total. The highest BCUT2D eigenvalue weighted by Gasteiger charge is 2.29. The molecule has 0 bridgehead atoms. The first-order valence-electron chi connectivity index (χ1n) is 6.58. The first-order chi connectivity index (χ1) is 9.74. The Balaban J connectivity index is 1.66. The van der Waals surface area contributed by atoms with Gasteiger partial charge in [-0.1, -0.05) is 30.3 Å². The van der Waals surface area contributed by atoms with E-state index in [2.05, 4.69) is 5.32 Å². The summed E-state index contributed by atoms with van der Waals surface area (Å²) in [5.41, 5.74) is 8.37. The van der Waals surface area contributed by atoms with Crippen LogP contribution in [0.4, 0.5) is 5.69 Å². The number of nitrogen functional groups attached to an aromatic ring is 1. The normalized spacial score (nSPS) is 16.3. The van der Waals surface area contributed by atoms with Crippen molar-refractivity contribution in [1.82, 2.24) is 5.32 Å². The van der Waals surface area contributed by atoms with Crippen LogP contribution in [-0.2, 0) is 11.3 Å². The molecule has 4 heteroatoms. The third-order valence-corrected chi connectivity index (χ3v) is 3.43. The van der Waals surface area contributed by atoms with Crippen LogP contribution >= 0.6 is 0 Å². The molecular weight excluding hydrogens is 252 g/mol. The number of ether oxygens (including phenoxy) is 1. The zero-order chi connectivity index (χ0) is 13.9. The number of nitrogens with one attached hydrogen (secondary N) is 1. The minimum Gasteiger partial charge on any atom is -0.492 e. The molecule has 0 radical (unpaired) electrons. The van der Waals surface area contributed by atoms with Crippen molar-refractivity contribution in [3.63, 3.8) is 0 Å². The summed E-state index contributed by atoms with van der Waals surface area (Å²) in [7, 11) is 0. The fraction of sp³-hybridized carbons (Fsp3) is 0.188. The summed E-state index contributed by atoms with van der Waals surface area (Å²) >= 11 is 0. The summed E-state index contributed by atoms with van der Waals surface area (Å²) in [5.74, 6) is 0.557. The Bertz CT molecular complexity index is 640. The van der Waals surface area contributed by atoms with Crippen molar-refractivity contribution in [2.75, 3.05) is 12.3 Å². The molecule has 3 rings (SSSR count). The molecule has 3 N–H and O–H groups in total. The highest BCUT2D eigenvalue weighted by molar-refractivity contribution is 5.85. The largest absolute Gasteiger partial charge is 0.492 e. The lowest BCUT2D eigenvalue weighted by molar-refractivity contribution is -0.122. The maximum absolute atomic E-state index is 12.2. The number of carbonyl (C=O) groups is 1. The predicted octanol–water partition coefficient (Wildman–Crippen LogP) is 2.06. The maximum Gasteiger partial charge on any atom is 0.231 e. The van der Waals surface area contributed by atoms with Crippen molar-refractivity contribution < 1.29 is 9.53 Å². The van der Waals surface area contributed by atoms with E-state index in [1.807, 2.05) is 48.5 Å². The molecule has 102 valence electrons.